The third kappa shape index (κ3) is 4.10. The fourth-order valence-electron chi connectivity index (χ4n) is 1.25. The highest BCUT2D eigenvalue weighted by Gasteiger charge is 2.20. The Balaban J connectivity index is 2.76. The zero-order valence-electron chi connectivity index (χ0n) is 9.61. The van der Waals surface area contributed by atoms with Gasteiger partial charge in [0.1, 0.15) is 6.10 Å². The van der Waals surface area contributed by atoms with Crippen molar-refractivity contribution in [1.82, 2.24) is 4.98 Å². The summed E-state index contributed by atoms with van der Waals surface area (Å²) in [7, 11) is 0. The van der Waals surface area contributed by atoms with Crippen LogP contribution in [0.2, 0.25) is 0 Å². The highest BCUT2D eigenvalue weighted by molar-refractivity contribution is 8.13. The molecule has 1 rings (SSSR count). The molecule has 0 fully saturated rings. The molecule has 0 aliphatic rings. The first-order chi connectivity index (χ1) is 8.41. The molecule has 1 heterocycles. The number of aromatic carboxylic acids is 1. The smallest absolute Gasteiger partial charge is 0.337 e. The molecular formula is C11H13NO5S. The first kappa shape index (κ1) is 14.6. The van der Waals surface area contributed by atoms with Crippen molar-refractivity contribution >= 4 is 22.8 Å². The van der Waals surface area contributed by atoms with E-state index in [2.05, 4.69) is 4.98 Å². The van der Waals surface area contributed by atoms with Gasteiger partial charge in [0.05, 0.1) is 11.7 Å². The van der Waals surface area contributed by atoms with Crippen LogP contribution in [0.3, 0.4) is 0 Å². The number of aliphatic hydroxyl groups excluding tert-OH is 2. The van der Waals surface area contributed by atoms with E-state index in [1.165, 1.54) is 19.2 Å². The van der Waals surface area contributed by atoms with Crippen molar-refractivity contribution in [1.29, 1.82) is 0 Å². The summed E-state index contributed by atoms with van der Waals surface area (Å²) in [6.45, 7) is 1.36. The van der Waals surface area contributed by atoms with Gasteiger partial charge < -0.3 is 15.3 Å². The topological polar surface area (TPSA) is 108 Å². The van der Waals surface area contributed by atoms with Gasteiger partial charge in [-0.15, -0.1) is 0 Å². The number of carbonyl (C=O) groups is 2. The van der Waals surface area contributed by atoms with Gasteiger partial charge in [-0.2, -0.15) is 0 Å². The maximum atomic E-state index is 10.7. The van der Waals surface area contributed by atoms with Crippen LogP contribution in [0.1, 0.15) is 28.9 Å². The highest BCUT2D eigenvalue weighted by atomic mass is 32.2. The third-order valence-electron chi connectivity index (χ3n) is 2.17. The first-order valence-corrected chi connectivity index (χ1v) is 6.08. The Labute approximate surface area is 108 Å². The van der Waals surface area contributed by atoms with Gasteiger partial charge in [-0.3, -0.25) is 9.78 Å². The summed E-state index contributed by atoms with van der Waals surface area (Å²) >= 11 is 0.887. The second kappa shape index (κ2) is 6.48. The van der Waals surface area contributed by atoms with E-state index in [9.17, 15) is 19.8 Å². The number of pyridine rings is 1. The SMILES string of the molecule is CC(=O)SCC(O)C(O)c1cncc(C(=O)O)c1. The van der Waals surface area contributed by atoms with E-state index in [1.54, 1.807) is 0 Å². The van der Waals surface area contributed by atoms with Gasteiger partial charge in [0.25, 0.3) is 0 Å². The quantitative estimate of drug-likeness (QED) is 0.713. The van der Waals surface area contributed by atoms with E-state index in [4.69, 9.17) is 5.11 Å². The molecule has 98 valence electrons. The van der Waals surface area contributed by atoms with Crippen LogP contribution in [0, 0.1) is 0 Å². The van der Waals surface area contributed by atoms with Crippen LogP contribution < -0.4 is 0 Å². The summed E-state index contributed by atoms with van der Waals surface area (Å²) in [5.41, 5.74) is 0.129. The average Bonchev–Trinajstić information content (AvgIpc) is 2.35. The van der Waals surface area contributed by atoms with E-state index in [0.29, 0.717) is 0 Å². The fourth-order valence-corrected chi connectivity index (χ4v) is 1.84. The number of thioether (sulfide) groups is 1. The predicted octanol–water partition coefficient (Wildman–Crippen LogP) is 0.454. The molecule has 0 aliphatic carbocycles. The molecule has 3 N–H and O–H groups in total. The Morgan fingerprint density at radius 2 is 2.06 bits per heavy atom. The second-order valence-electron chi connectivity index (χ2n) is 3.63. The summed E-state index contributed by atoms with van der Waals surface area (Å²) in [6.07, 6.45) is -0.0121. The lowest BCUT2D eigenvalue weighted by molar-refractivity contribution is -0.109. The van der Waals surface area contributed by atoms with Gasteiger partial charge in [0, 0.05) is 30.6 Å². The van der Waals surface area contributed by atoms with Crippen LogP contribution >= 0.6 is 11.8 Å². The minimum absolute atomic E-state index is 0.0355. The predicted molar refractivity (Wildman–Crippen MR) is 65.3 cm³/mol. The molecule has 0 radical (unpaired) electrons. The lowest BCUT2D eigenvalue weighted by atomic mass is 10.1. The molecule has 0 amide bonds. The Kier molecular flexibility index (Phi) is 5.26. The maximum Gasteiger partial charge on any atom is 0.337 e. The van der Waals surface area contributed by atoms with E-state index in [1.807, 2.05) is 0 Å². The highest BCUT2D eigenvalue weighted by Crippen LogP contribution is 2.20. The standard InChI is InChI=1S/C11H13NO5S/c1-6(13)18-5-9(14)10(15)7-2-8(11(16)17)4-12-3-7/h2-4,9-10,14-15H,5H2,1H3,(H,16,17). The Morgan fingerprint density at radius 3 is 2.61 bits per heavy atom. The molecular weight excluding hydrogens is 258 g/mol. The molecule has 6 nitrogen and oxygen atoms in total. The first-order valence-electron chi connectivity index (χ1n) is 5.09. The number of aromatic nitrogens is 1. The van der Waals surface area contributed by atoms with Crippen molar-refractivity contribution in [2.75, 3.05) is 5.75 Å². The Hall–Kier alpha value is -1.44. The number of rotatable bonds is 5. The molecule has 0 saturated carbocycles. The molecule has 0 bridgehead atoms. The number of hydrogen-bond donors (Lipinski definition) is 3. The van der Waals surface area contributed by atoms with Crippen LogP contribution in [0.25, 0.3) is 0 Å². The summed E-state index contributed by atoms with van der Waals surface area (Å²) in [5, 5.41) is 28.1. The van der Waals surface area contributed by atoms with Crippen molar-refractivity contribution in [2.24, 2.45) is 0 Å². The van der Waals surface area contributed by atoms with Gasteiger partial charge >= 0.3 is 5.97 Å². The summed E-state index contributed by atoms with van der Waals surface area (Å²) < 4.78 is 0. The molecule has 18 heavy (non-hydrogen) atoms. The number of carboxylic acid groups (broad SMARTS) is 1. The number of carbonyl (C=O) groups excluding carboxylic acids is 1. The van der Waals surface area contributed by atoms with Crippen LogP contribution in [0.4, 0.5) is 0 Å². The molecule has 1 aromatic heterocycles. The zero-order chi connectivity index (χ0) is 13.7. The van der Waals surface area contributed by atoms with Crippen molar-refractivity contribution in [3.8, 4) is 0 Å². The van der Waals surface area contributed by atoms with Crippen molar-refractivity contribution < 1.29 is 24.9 Å². The molecule has 0 aliphatic heterocycles. The maximum absolute atomic E-state index is 10.7. The number of aliphatic hydroxyl groups is 2. The van der Waals surface area contributed by atoms with E-state index < -0.39 is 18.2 Å². The van der Waals surface area contributed by atoms with Crippen LogP contribution in [0.5, 0.6) is 0 Å². The molecule has 0 saturated heterocycles. The van der Waals surface area contributed by atoms with Crippen LogP contribution in [-0.4, -0.2) is 43.2 Å². The fraction of sp³-hybridized carbons (Fsp3) is 0.364. The second-order valence-corrected chi connectivity index (χ2v) is 4.82. The van der Waals surface area contributed by atoms with Gasteiger partial charge in [0.2, 0.25) is 0 Å². The summed E-state index contributed by atoms with van der Waals surface area (Å²) in [6, 6.07) is 1.24. The van der Waals surface area contributed by atoms with Gasteiger partial charge in [-0.05, 0) is 6.07 Å². The molecule has 7 heteroatoms. The molecule has 1 aromatic rings. The molecule has 2 unspecified atom stereocenters. The number of carboxylic acids is 1. The lowest BCUT2D eigenvalue weighted by Crippen LogP contribution is -2.21. The number of hydrogen-bond acceptors (Lipinski definition) is 6. The monoisotopic (exact) mass is 271 g/mol. The number of nitrogens with zero attached hydrogens (tertiary/aromatic N) is 1. The molecule has 2 atom stereocenters. The third-order valence-corrected chi connectivity index (χ3v) is 3.08. The van der Waals surface area contributed by atoms with E-state index in [0.717, 1.165) is 18.0 Å². The minimum atomic E-state index is -1.27. The van der Waals surface area contributed by atoms with E-state index >= 15 is 0 Å². The van der Waals surface area contributed by atoms with Crippen LogP contribution in [0.15, 0.2) is 18.5 Å². The Bertz CT molecular complexity index is 451. The lowest BCUT2D eigenvalue weighted by Gasteiger charge is -2.17. The average molecular weight is 271 g/mol. The van der Waals surface area contributed by atoms with Crippen molar-refractivity contribution in [2.45, 2.75) is 19.1 Å². The van der Waals surface area contributed by atoms with Crippen LogP contribution in [-0.2, 0) is 4.79 Å². The molecule has 0 aromatic carbocycles. The minimum Gasteiger partial charge on any atom is -0.478 e. The van der Waals surface area contributed by atoms with Crippen molar-refractivity contribution in [3.63, 3.8) is 0 Å². The summed E-state index contributed by atoms with van der Waals surface area (Å²) in [4.78, 5) is 25.1. The zero-order valence-corrected chi connectivity index (χ0v) is 10.4. The van der Waals surface area contributed by atoms with Gasteiger partial charge in [-0.25, -0.2) is 4.79 Å². The van der Waals surface area contributed by atoms with Gasteiger partial charge in [0.15, 0.2) is 5.12 Å². The Morgan fingerprint density at radius 1 is 1.39 bits per heavy atom. The van der Waals surface area contributed by atoms with E-state index in [-0.39, 0.29) is 22.0 Å². The largest absolute Gasteiger partial charge is 0.478 e. The molecule has 0 spiro atoms. The summed E-state index contributed by atoms with van der Waals surface area (Å²) in [5.74, 6) is -1.13. The van der Waals surface area contributed by atoms with Crippen molar-refractivity contribution in [3.05, 3.63) is 29.6 Å². The van der Waals surface area contributed by atoms with Gasteiger partial charge in [-0.1, -0.05) is 11.8 Å². The normalized spacial score (nSPS) is 13.9.